The Balaban J connectivity index is 2.50. The molecule has 1 aromatic heterocycles. The largest absolute Gasteiger partial charge is 0.393 e. The van der Waals surface area contributed by atoms with E-state index in [0.717, 1.165) is 13.0 Å². The van der Waals surface area contributed by atoms with Gasteiger partial charge in [0.05, 0.1) is 4.99 Å². The molecule has 1 aromatic rings. The second kappa shape index (κ2) is 5.94. The number of nitrogens with zero attached hydrogens (tertiary/aromatic N) is 1. The molecule has 1 atom stereocenters. The van der Waals surface area contributed by atoms with Crippen LogP contribution < -0.4 is 5.73 Å². The van der Waals surface area contributed by atoms with Gasteiger partial charge in [-0.3, -0.25) is 4.90 Å². The minimum Gasteiger partial charge on any atom is -0.393 e. The van der Waals surface area contributed by atoms with Crippen LogP contribution >= 0.6 is 23.6 Å². The van der Waals surface area contributed by atoms with Crippen molar-refractivity contribution < 1.29 is 0 Å². The summed E-state index contributed by atoms with van der Waals surface area (Å²) in [6.07, 6.45) is 0.995. The van der Waals surface area contributed by atoms with Crippen molar-refractivity contribution in [3.8, 4) is 0 Å². The van der Waals surface area contributed by atoms with Gasteiger partial charge < -0.3 is 5.73 Å². The molecule has 2 nitrogen and oxygen atoms in total. The van der Waals surface area contributed by atoms with Gasteiger partial charge in [0.15, 0.2) is 0 Å². The summed E-state index contributed by atoms with van der Waals surface area (Å²) in [6.45, 7) is 7.46. The van der Waals surface area contributed by atoms with Crippen LogP contribution in [0, 0.1) is 5.41 Å². The zero-order chi connectivity index (χ0) is 13.1. The molecule has 0 radical (unpaired) electrons. The van der Waals surface area contributed by atoms with E-state index in [9.17, 15) is 0 Å². The first-order valence-corrected chi connectivity index (χ1v) is 7.17. The first-order valence-electron chi connectivity index (χ1n) is 5.88. The van der Waals surface area contributed by atoms with E-state index in [-0.39, 0.29) is 5.41 Å². The van der Waals surface area contributed by atoms with Crippen LogP contribution in [-0.2, 0) is 0 Å². The van der Waals surface area contributed by atoms with Crippen molar-refractivity contribution in [2.45, 2.75) is 33.2 Å². The lowest BCUT2D eigenvalue weighted by Crippen LogP contribution is -2.34. The Morgan fingerprint density at radius 2 is 2.24 bits per heavy atom. The van der Waals surface area contributed by atoms with Crippen molar-refractivity contribution in [2.24, 2.45) is 11.1 Å². The Labute approximate surface area is 114 Å². The van der Waals surface area contributed by atoms with Gasteiger partial charge in [0, 0.05) is 16.3 Å². The number of nitrogens with two attached hydrogens (primary N) is 1. The lowest BCUT2D eigenvalue weighted by molar-refractivity contribution is 0.238. The zero-order valence-electron chi connectivity index (χ0n) is 11.1. The van der Waals surface area contributed by atoms with Crippen LogP contribution in [0.3, 0.4) is 0 Å². The molecule has 0 saturated heterocycles. The molecule has 0 saturated carbocycles. The first-order chi connectivity index (χ1) is 7.84. The SMILES string of the molecule is CC(c1cccs1)N(C)CCC(C)(C)C(N)=S. The predicted octanol–water partition coefficient (Wildman–Crippen LogP) is 3.44. The lowest BCUT2D eigenvalue weighted by Gasteiger charge is -2.29. The van der Waals surface area contributed by atoms with Gasteiger partial charge in [-0.2, -0.15) is 0 Å². The normalized spacial score (nSPS) is 13.9. The molecule has 0 aliphatic heterocycles. The lowest BCUT2D eigenvalue weighted by atomic mass is 9.89. The predicted molar refractivity (Wildman–Crippen MR) is 80.5 cm³/mol. The molecular formula is C13H22N2S2. The molecular weight excluding hydrogens is 248 g/mol. The number of hydrogen-bond acceptors (Lipinski definition) is 3. The summed E-state index contributed by atoms with van der Waals surface area (Å²) in [5.74, 6) is 0. The van der Waals surface area contributed by atoms with E-state index in [1.54, 1.807) is 11.3 Å². The summed E-state index contributed by atoms with van der Waals surface area (Å²) in [5.41, 5.74) is 5.69. The maximum Gasteiger partial charge on any atom is 0.0784 e. The molecule has 1 rings (SSSR count). The van der Waals surface area contributed by atoms with Crippen molar-refractivity contribution in [3.05, 3.63) is 22.4 Å². The molecule has 0 spiro atoms. The fourth-order valence-electron chi connectivity index (χ4n) is 1.52. The molecule has 17 heavy (non-hydrogen) atoms. The number of rotatable bonds is 6. The van der Waals surface area contributed by atoms with Crippen LogP contribution in [0.25, 0.3) is 0 Å². The van der Waals surface area contributed by atoms with Crippen LogP contribution in [0.2, 0.25) is 0 Å². The monoisotopic (exact) mass is 270 g/mol. The molecule has 96 valence electrons. The Hall–Kier alpha value is -0.450. The third-order valence-electron chi connectivity index (χ3n) is 3.37. The van der Waals surface area contributed by atoms with E-state index in [1.807, 2.05) is 0 Å². The van der Waals surface area contributed by atoms with Gasteiger partial charge in [-0.15, -0.1) is 11.3 Å². The summed E-state index contributed by atoms with van der Waals surface area (Å²) >= 11 is 6.90. The molecule has 0 amide bonds. The molecule has 2 N–H and O–H groups in total. The molecule has 0 aliphatic carbocycles. The number of thiocarbonyl (C=S) groups is 1. The summed E-state index contributed by atoms with van der Waals surface area (Å²) in [6, 6.07) is 4.74. The molecule has 1 heterocycles. The second-order valence-electron chi connectivity index (χ2n) is 5.17. The third-order valence-corrected chi connectivity index (χ3v) is 4.97. The van der Waals surface area contributed by atoms with E-state index in [1.165, 1.54) is 4.88 Å². The Bertz CT molecular complexity index is 358. The molecule has 0 bridgehead atoms. The van der Waals surface area contributed by atoms with Crippen LogP contribution in [0.1, 0.15) is 38.1 Å². The second-order valence-corrected chi connectivity index (χ2v) is 6.59. The van der Waals surface area contributed by atoms with E-state index in [2.05, 4.69) is 50.2 Å². The average Bonchev–Trinajstić information content (AvgIpc) is 2.78. The fourth-order valence-corrected chi connectivity index (χ4v) is 2.47. The van der Waals surface area contributed by atoms with Crippen molar-refractivity contribution in [1.82, 2.24) is 4.90 Å². The van der Waals surface area contributed by atoms with Crippen molar-refractivity contribution in [1.29, 1.82) is 0 Å². The maximum atomic E-state index is 5.74. The Morgan fingerprint density at radius 3 is 2.71 bits per heavy atom. The molecule has 0 fully saturated rings. The highest BCUT2D eigenvalue weighted by Gasteiger charge is 2.23. The zero-order valence-corrected chi connectivity index (χ0v) is 12.7. The van der Waals surface area contributed by atoms with Gasteiger partial charge in [-0.25, -0.2) is 0 Å². The van der Waals surface area contributed by atoms with E-state index in [0.29, 0.717) is 11.0 Å². The Kier molecular flexibility index (Phi) is 5.10. The van der Waals surface area contributed by atoms with Gasteiger partial charge in [0.1, 0.15) is 0 Å². The topological polar surface area (TPSA) is 29.3 Å². The molecule has 1 unspecified atom stereocenters. The summed E-state index contributed by atoms with van der Waals surface area (Å²) in [5, 5.41) is 2.12. The Morgan fingerprint density at radius 1 is 1.59 bits per heavy atom. The first kappa shape index (κ1) is 14.6. The van der Waals surface area contributed by atoms with Crippen molar-refractivity contribution in [2.75, 3.05) is 13.6 Å². The highest BCUT2D eigenvalue weighted by atomic mass is 32.1. The van der Waals surface area contributed by atoms with Gasteiger partial charge in [0.2, 0.25) is 0 Å². The summed E-state index contributed by atoms with van der Waals surface area (Å²) in [4.78, 5) is 4.36. The standard InChI is InChI=1S/C13H22N2S2/c1-10(11-6-5-9-17-11)15(4)8-7-13(2,3)12(14)16/h5-6,9-10H,7-8H2,1-4H3,(H2,14,16). The minimum atomic E-state index is -0.0568. The van der Waals surface area contributed by atoms with Crippen LogP contribution in [0.4, 0.5) is 0 Å². The van der Waals surface area contributed by atoms with E-state index < -0.39 is 0 Å². The van der Waals surface area contributed by atoms with Gasteiger partial charge in [-0.05, 0) is 38.4 Å². The summed E-state index contributed by atoms with van der Waals surface area (Å²) < 4.78 is 0. The molecule has 0 aliphatic rings. The third kappa shape index (κ3) is 4.05. The fraction of sp³-hybridized carbons (Fsp3) is 0.615. The van der Waals surface area contributed by atoms with E-state index >= 15 is 0 Å². The highest BCUT2D eigenvalue weighted by molar-refractivity contribution is 7.80. The summed E-state index contributed by atoms with van der Waals surface area (Å²) in [7, 11) is 2.15. The average molecular weight is 270 g/mol. The van der Waals surface area contributed by atoms with Gasteiger partial charge in [0.25, 0.3) is 0 Å². The van der Waals surface area contributed by atoms with Gasteiger partial charge in [-0.1, -0.05) is 32.1 Å². The maximum absolute atomic E-state index is 5.74. The number of hydrogen-bond donors (Lipinski definition) is 1. The smallest absolute Gasteiger partial charge is 0.0784 e. The number of thiophene rings is 1. The van der Waals surface area contributed by atoms with Crippen LogP contribution in [0.15, 0.2) is 17.5 Å². The minimum absolute atomic E-state index is 0.0568. The quantitative estimate of drug-likeness (QED) is 0.803. The van der Waals surface area contributed by atoms with Crippen molar-refractivity contribution in [3.63, 3.8) is 0 Å². The molecule has 0 aromatic carbocycles. The van der Waals surface area contributed by atoms with E-state index in [4.69, 9.17) is 18.0 Å². The van der Waals surface area contributed by atoms with Gasteiger partial charge >= 0.3 is 0 Å². The highest BCUT2D eigenvalue weighted by Crippen LogP contribution is 2.26. The molecule has 4 heteroatoms. The van der Waals surface area contributed by atoms with Crippen LogP contribution in [-0.4, -0.2) is 23.5 Å². The van der Waals surface area contributed by atoms with Crippen LogP contribution in [0.5, 0.6) is 0 Å². The van der Waals surface area contributed by atoms with Crippen molar-refractivity contribution >= 4 is 28.5 Å².